The van der Waals surface area contributed by atoms with Gasteiger partial charge in [-0.1, -0.05) is 0 Å². The van der Waals surface area contributed by atoms with E-state index in [-0.39, 0.29) is 12.6 Å². The number of ketones is 1. The zero-order valence-electron chi connectivity index (χ0n) is 10.0. The lowest BCUT2D eigenvalue weighted by Gasteiger charge is -2.03. The fourth-order valence-corrected chi connectivity index (χ4v) is 1.52. The number of rotatable bonds is 1. The van der Waals surface area contributed by atoms with Gasteiger partial charge in [0.1, 0.15) is 0 Å². The van der Waals surface area contributed by atoms with E-state index in [0.717, 1.165) is 5.56 Å². The van der Waals surface area contributed by atoms with Crippen LogP contribution in [0.2, 0.25) is 0 Å². The fourth-order valence-electron chi connectivity index (χ4n) is 1.52. The van der Waals surface area contributed by atoms with Crippen molar-refractivity contribution < 1.29 is 14.3 Å². The number of Topliss-reactive ketones (excluding diaryl/α,β-unsaturated/α-hetero) is 1. The van der Waals surface area contributed by atoms with Crippen molar-refractivity contribution >= 4 is 5.78 Å². The summed E-state index contributed by atoms with van der Waals surface area (Å²) in [5.74, 6) is 3.64. The monoisotopic (exact) mass is 231 g/mol. The molecule has 88 valence electrons. The third-order valence-corrected chi connectivity index (χ3v) is 2.36. The molecule has 0 aromatic heterocycles. The molecule has 0 unspecified atom stereocenters. The molecule has 0 spiro atoms. The number of aryl methyl sites for hydroxylation is 1. The standard InChI is InChI=1S/C13H13NO3/c1-9-6-12-13(17-8-16-12)7-10(9)11(15)4-5-14(2)3/h6-7H,8H2,1-3H3. The summed E-state index contributed by atoms with van der Waals surface area (Å²) in [4.78, 5) is 13.5. The molecule has 0 amide bonds. The van der Waals surface area contributed by atoms with Crippen molar-refractivity contribution in [2.45, 2.75) is 6.92 Å². The molecule has 0 aliphatic carbocycles. The zero-order chi connectivity index (χ0) is 12.4. The molecular formula is C13H13NO3. The van der Waals surface area contributed by atoms with Gasteiger partial charge in [0.2, 0.25) is 12.6 Å². The molecule has 1 aromatic carbocycles. The van der Waals surface area contributed by atoms with Crippen molar-refractivity contribution in [3.63, 3.8) is 0 Å². The van der Waals surface area contributed by atoms with Crippen LogP contribution in [0.5, 0.6) is 11.5 Å². The minimum Gasteiger partial charge on any atom is -0.454 e. The highest BCUT2D eigenvalue weighted by Crippen LogP contribution is 2.34. The van der Waals surface area contributed by atoms with Crippen molar-refractivity contribution in [2.24, 2.45) is 0 Å². The highest BCUT2D eigenvalue weighted by molar-refractivity contribution is 6.10. The Bertz CT molecular complexity index is 523. The van der Waals surface area contributed by atoms with Gasteiger partial charge in [0.25, 0.3) is 0 Å². The third kappa shape index (κ3) is 2.34. The predicted octanol–water partition coefficient (Wildman–Crippen LogP) is 1.43. The van der Waals surface area contributed by atoms with Crippen LogP contribution in [-0.4, -0.2) is 31.6 Å². The minimum atomic E-state index is -0.213. The van der Waals surface area contributed by atoms with Gasteiger partial charge in [-0.05, 0) is 30.5 Å². The number of nitrogens with zero attached hydrogens (tertiary/aromatic N) is 1. The van der Waals surface area contributed by atoms with E-state index in [4.69, 9.17) is 9.47 Å². The van der Waals surface area contributed by atoms with E-state index >= 15 is 0 Å². The average molecular weight is 231 g/mol. The van der Waals surface area contributed by atoms with Crippen LogP contribution in [0.3, 0.4) is 0 Å². The Balaban J connectivity index is 2.34. The maximum Gasteiger partial charge on any atom is 0.238 e. The quantitative estimate of drug-likeness (QED) is 0.416. The van der Waals surface area contributed by atoms with E-state index in [2.05, 4.69) is 12.0 Å². The molecular weight excluding hydrogens is 218 g/mol. The first kappa shape index (κ1) is 11.3. The Morgan fingerprint density at radius 2 is 1.94 bits per heavy atom. The second kappa shape index (κ2) is 4.38. The number of hydrogen-bond acceptors (Lipinski definition) is 4. The summed E-state index contributed by atoms with van der Waals surface area (Å²) < 4.78 is 10.5. The van der Waals surface area contributed by atoms with E-state index in [0.29, 0.717) is 17.1 Å². The molecule has 0 saturated heterocycles. The molecule has 0 saturated carbocycles. The average Bonchev–Trinajstić information content (AvgIpc) is 2.71. The van der Waals surface area contributed by atoms with Crippen LogP contribution in [0.15, 0.2) is 12.1 Å². The topological polar surface area (TPSA) is 38.8 Å². The molecule has 4 heteroatoms. The second-order valence-corrected chi connectivity index (χ2v) is 3.98. The second-order valence-electron chi connectivity index (χ2n) is 3.98. The van der Waals surface area contributed by atoms with Crippen molar-refractivity contribution in [3.05, 3.63) is 23.3 Å². The Labute approximate surface area is 100 Å². The summed E-state index contributed by atoms with van der Waals surface area (Å²) >= 11 is 0. The van der Waals surface area contributed by atoms with Gasteiger partial charge in [0, 0.05) is 25.7 Å². The number of carbonyl (C=O) groups excluding carboxylic acids is 1. The van der Waals surface area contributed by atoms with Crippen LogP contribution in [-0.2, 0) is 0 Å². The third-order valence-electron chi connectivity index (χ3n) is 2.36. The molecule has 0 N–H and O–H groups in total. The SMILES string of the molecule is Cc1cc2c(cc1C(=O)C#CN(C)C)OCO2. The molecule has 1 aliphatic heterocycles. The lowest BCUT2D eigenvalue weighted by Crippen LogP contribution is -2.04. The van der Waals surface area contributed by atoms with Crippen molar-refractivity contribution in [2.75, 3.05) is 20.9 Å². The number of carbonyl (C=O) groups is 1. The summed E-state index contributed by atoms with van der Waals surface area (Å²) in [6, 6.07) is 6.18. The summed E-state index contributed by atoms with van der Waals surface area (Å²) in [6.45, 7) is 2.06. The Morgan fingerprint density at radius 1 is 1.29 bits per heavy atom. The fraction of sp³-hybridized carbons (Fsp3) is 0.308. The highest BCUT2D eigenvalue weighted by atomic mass is 16.7. The first-order valence-corrected chi connectivity index (χ1v) is 5.21. The first-order chi connectivity index (χ1) is 8.08. The summed E-state index contributed by atoms with van der Waals surface area (Å²) in [5.41, 5.74) is 1.40. The molecule has 0 fully saturated rings. The van der Waals surface area contributed by atoms with Gasteiger partial charge >= 0.3 is 0 Å². The Hall–Kier alpha value is -2.15. The molecule has 17 heavy (non-hydrogen) atoms. The van der Waals surface area contributed by atoms with E-state index in [1.807, 2.05) is 6.92 Å². The highest BCUT2D eigenvalue weighted by Gasteiger charge is 2.18. The van der Waals surface area contributed by atoms with Crippen molar-refractivity contribution in [1.29, 1.82) is 0 Å². The summed E-state index contributed by atoms with van der Waals surface area (Å²) in [6.07, 6.45) is 0. The Morgan fingerprint density at radius 3 is 2.59 bits per heavy atom. The van der Waals surface area contributed by atoms with Gasteiger partial charge in [-0.3, -0.25) is 4.79 Å². The van der Waals surface area contributed by atoms with E-state index in [1.54, 1.807) is 31.1 Å². The van der Waals surface area contributed by atoms with E-state index < -0.39 is 0 Å². The van der Waals surface area contributed by atoms with Gasteiger partial charge in [-0.2, -0.15) is 0 Å². The number of benzene rings is 1. The van der Waals surface area contributed by atoms with Crippen LogP contribution in [0.4, 0.5) is 0 Å². The number of hydrogen-bond donors (Lipinski definition) is 0. The predicted molar refractivity (Wildman–Crippen MR) is 63.1 cm³/mol. The van der Waals surface area contributed by atoms with Crippen molar-refractivity contribution in [1.82, 2.24) is 4.90 Å². The first-order valence-electron chi connectivity index (χ1n) is 5.21. The lowest BCUT2D eigenvalue weighted by atomic mass is 10.0. The largest absolute Gasteiger partial charge is 0.454 e. The molecule has 1 aromatic rings. The van der Waals surface area contributed by atoms with Crippen LogP contribution < -0.4 is 9.47 Å². The maximum atomic E-state index is 11.9. The maximum absolute atomic E-state index is 11.9. The molecule has 2 rings (SSSR count). The molecule has 0 bridgehead atoms. The number of ether oxygens (including phenoxy) is 2. The van der Waals surface area contributed by atoms with Gasteiger partial charge in [-0.25, -0.2) is 0 Å². The molecule has 0 atom stereocenters. The van der Waals surface area contributed by atoms with Crippen molar-refractivity contribution in [3.8, 4) is 23.5 Å². The van der Waals surface area contributed by atoms with Crippen LogP contribution in [0.25, 0.3) is 0 Å². The van der Waals surface area contributed by atoms with Gasteiger partial charge in [-0.15, -0.1) is 0 Å². The van der Waals surface area contributed by atoms with E-state index in [1.165, 1.54) is 0 Å². The lowest BCUT2D eigenvalue weighted by molar-refractivity contribution is 0.105. The van der Waals surface area contributed by atoms with Gasteiger partial charge < -0.3 is 14.4 Å². The van der Waals surface area contributed by atoms with Crippen LogP contribution in [0, 0.1) is 18.9 Å². The normalized spacial score (nSPS) is 11.7. The summed E-state index contributed by atoms with van der Waals surface area (Å²) in [7, 11) is 3.57. The van der Waals surface area contributed by atoms with E-state index in [9.17, 15) is 4.79 Å². The minimum absolute atomic E-state index is 0.204. The zero-order valence-corrected chi connectivity index (χ0v) is 10.0. The van der Waals surface area contributed by atoms with Gasteiger partial charge in [0.15, 0.2) is 11.5 Å². The Kier molecular flexibility index (Phi) is 2.92. The number of fused-ring (bicyclic) bond motifs is 1. The molecule has 0 radical (unpaired) electrons. The summed E-state index contributed by atoms with van der Waals surface area (Å²) in [5, 5.41) is 0. The van der Waals surface area contributed by atoms with Gasteiger partial charge in [0.05, 0.1) is 0 Å². The van der Waals surface area contributed by atoms with Crippen LogP contribution in [0.1, 0.15) is 15.9 Å². The molecule has 1 heterocycles. The van der Waals surface area contributed by atoms with Crippen LogP contribution >= 0.6 is 0 Å². The molecule has 1 aliphatic rings. The molecule has 4 nitrogen and oxygen atoms in total. The smallest absolute Gasteiger partial charge is 0.238 e.